The highest BCUT2D eigenvalue weighted by molar-refractivity contribution is 7.12. The number of piperidine rings is 1. The van der Waals surface area contributed by atoms with E-state index in [1.807, 2.05) is 25.7 Å². The van der Waals surface area contributed by atoms with Crippen molar-refractivity contribution in [2.45, 2.75) is 51.3 Å². The van der Waals surface area contributed by atoms with E-state index in [0.717, 1.165) is 12.8 Å². The van der Waals surface area contributed by atoms with Crippen molar-refractivity contribution in [1.29, 1.82) is 0 Å². The first-order chi connectivity index (χ1) is 12.3. The predicted molar refractivity (Wildman–Crippen MR) is 96.0 cm³/mol. The van der Waals surface area contributed by atoms with Gasteiger partial charge in [0.05, 0.1) is 6.04 Å². The topological polar surface area (TPSA) is 77.1 Å². The summed E-state index contributed by atoms with van der Waals surface area (Å²) >= 11 is 1.31. The lowest BCUT2D eigenvalue weighted by atomic mass is 10.1. The maximum absolute atomic E-state index is 12.6. The number of rotatable bonds is 3. The summed E-state index contributed by atoms with van der Waals surface area (Å²) in [4.78, 5) is 27.4. The zero-order valence-electron chi connectivity index (χ0n) is 15.2. The van der Waals surface area contributed by atoms with E-state index in [9.17, 15) is 9.59 Å². The van der Waals surface area contributed by atoms with Crippen LogP contribution < -0.4 is 14.8 Å². The van der Waals surface area contributed by atoms with Gasteiger partial charge in [-0.2, -0.15) is 0 Å². The molecule has 1 aromatic heterocycles. The maximum atomic E-state index is 12.6. The molecule has 1 saturated carbocycles. The van der Waals surface area contributed by atoms with Crippen LogP contribution >= 0.6 is 11.3 Å². The quantitative estimate of drug-likeness (QED) is 0.872. The van der Waals surface area contributed by atoms with Crippen molar-refractivity contribution < 1.29 is 23.8 Å². The van der Waals surface area contributed by atoms with Crippen molar-refractivity contribution in [3.05, 3.63) is 10.3 Å². The highest BCUT2D eigenvalue weighted by Crippen LogP contribution is 2.48. The lowest BCUT2D eigenvalue weighted by Gasteiger charge is -2.30. The molecule has 0 spiro atoms. The van der Waals surface area contributed by atoms with E-state index in [4.69, 9.17) is 14.2 Å². The molecular weight excluding hydrogens is 356 g/mol. The Bertz CT molecular complexity index is 726. The molecule has 3 aliphatic rings. The second-order valence-corrected chi connectivity index (χ2v) is 8.89. The van der Waals surface area contributed by atoms with Crippen LogP contribution in [0.5, 0.6) is 11.5 Å². The van der Waals surface area contributed by atoms with Gasteiger partial charge in [0.1, 0.15) is 23.7 Å². The Morgan fingerprint density at radius 1 is 1.31 bits per heavy atom. The Morgan fingerprint density at radius 2 is 2.08 bits per heavy atom. The van der Waals surface area contributed by atoms with E-state index >= 15 is 0 Å². The molecule has 8 heteroatoms. The normalized spacial score (nSPS) is 26.3. The Kier molecular flexibility index (Phi) is 4.25. The molecule has 1 aromatic rings. The van der Waals surface area contributed by atoms with Gasteiger partial charge in [-0.25, -0.2) is 4.79 Å². The molecule has 3 atom stereocenters. The molecule has 1 N–H and O–H groups in total. The number of nitrogens with one attached hydrogen (secondary N) is 1. The first kappa shape index (κ1) is 17.5. The standard InChI is InChI=1S/C18H24N2O5S/c1-18(2,3)25-17(22)20-11(6-10-7-12(10)20)8-19-16(21)15-14-13(9-26-15)23-4-5-24-14/h9-12H,4-8H2,1-3H3,(H,19,21). The van der Waals surface area contributed by atoms with E-state index in [1.54, 1.807) is 5.38 Å². The second-order valence-electron chi connectivity index (χ2n) is 8.01. The van der Waals surface area contributed by atoms with Gasteiger partial charge in [-0.05, 0) is 39.5 Å². The van der Waals surface area contributed by atoms with Gasteiger partial charge >= 0.3 is 6.09 Å². The molecule has 2 fully saturated rings. The van der Waals surface area contributed by atoms with Crippen molar-refractivity contribution in [3.8, 4) is 11.5 Å². The van der Waals surface area contributed by atoms with Crippen LogP contribution in [0.2, 0.25) is 0 Å². The lowest BCUT2D eigenvalue weighted by molar-refractivity contribution is 0.0183. The summed E-state index contributed by atoms with van der Waals surface area (Å²) in [7, 11) is 0. The molecule has 0 radical (unpaired) electrons. The third-order valence-corrected chi connectivity index (χ3v) is 5.76. The minimum Gasteiger partial charge on any atom is -0.485 e. The molecule has 2 amide bonds. The fourth-order valence-corrected chi connectivity index (χ4v) is 4.50. The third-order valence-electron chi connectivity index (χ3n) is 4.82. The molecular formula is C18H24N2O5S. The van der Waals surface area contributed by atoms with E-state index in [-0.39, 0.29) is 24.1 Å². The molecule has 1 saturated heterocycles. The molecule has 0 bridgehead atoms. The maximum Gasteiger partial charge on any atom is 0.410 e. The number of ether oxygens (including phenoxy) is 3. The number of carbonyl (C=O) groups excluding carboxylic acids is 2. The average Bonchev–Trinajstić information content (AvgIpc) is 3.04. The number of thiophene rings is 1. The van der Waals surface area contributed by atoms with Crippen LogP contribution in [-0.4, -0.2) is 54.3 Å². The molecule has 4 rings (SSSR count). The molecule has 3 unspecified atom stereocenters. The molecule has 2 aliphatic heterocycles. The monoisotopic (exact) mass is 380 g/mol. The van der Waals surface area contributed by atoms with E-state index in [1.165, 1.54) is 11.3 Å². The smallest absolute Gasteiger partial charge is 0.410 e. The van der Waals surface area contributed by atoms with Gasteiger partial charge in [-0.3, -0.25) is 4.79 Å². The highest BCUT2D eigenvalue weighted by Gasteiger charge is 2.54. The van der Waals surface area contributed by atoms with Crippen molar-refractivity contribution in [3.63, 3.8) is 0 Å². The Labute approximate surface area is 156 Å². The van der Waals surface area contributed by atoms with E-state index < -0.39 is 5.60 Å². The Morgan fingerprint density at radius 3 is 2.85 bits per heavy atom. The van der Waals surface area contributed by atoms with Gasteiger partial charge in [0.15, 0.2) is 11.5 Å². The fraction of sp³-hybridized carbons (Fsp3) is 0.667. The summed E-state index contributed by atoms with van der Waals surface area (Å²) in [5, 5.41) is 4.75. The highest BCUT2D eigenvalue weighted by atomic mass is 32.1. The van der Waals surface area contributed by atoms with Crippen LogP contribution in [0, 0.1) is 5.92 Å². The van der Waals surface area contributed by atoms with Crippen molar-refractivity contribution in [2.24, 2.45) is 5.92 Å². The lowest BCUT2D eigenvalue weighted by Crippen LogP contribution is -2.47. The van der Waals surface area contributed by atoms with Crippen LogP contribution in [0.3, 0.4) is 0 Å². The number of hydrogen-bond donors (Lipinski definition) is 1. The minimum absolute atomic E-state index is 0.0227. The van der Waals surface area contributed by atoms with Crippen molar-refractivity contribution in [1.82, 2.24) is 10.2 Å². The summed E-state index contributed by atoms with van der Waals surface area (Å²) in [5.74, 6) is 1.50. The fourth-order valence-electron chi connectivity index (χ4n) is 3.65. The van der Waals surface area contributed by atoms with Gasteiger partial charge in [-0.1, -0.05) is 0 Å². The van der Waals surface area contributed by atoms with Gasteiger partial charge in [0, 0.05) is 18.0 Å². The van der Waals surface area contributed by atoms with Crippen LogP contribution in [0.4, 0.5) is 4.79 Å². The second kappa shape index (κ2) is 6.33. The molecule has 3 heterocycles. The van der Waals surface area contributed by atoms with E-state index in [2.05, 4.69) is 5.32 Å². The largest absolute Gasteiger partial charge is 0.485 e. The molecule has 7 nitrogen and oxygen atoms in total. The summed E-state index contributed by atoms with van der Waals surface area (Å²) in [6.07, 6.45) is 1.66. The SMILES string of the molecule is CC(C)(C)OC(=O)N1C(CNC(=O)c2scc3c2OCCO3)CC2CC21. The summed E-state index contributed by atoms with van der Waals surface area (Å²) in [6, 6.07) is 0.239. The zero-order chi connectivity index (χ0) is 18.5. The van der Waals surface area contributed by atoms with Crippen molar-refractivity contribution in [2.75, 3.05) is 19.8 Å². The van der Waals surface area contributed by atoms with E-state index in [0.29, 0.717) is 42.1 Å². The minimum atomic E-state index is -0.523. The van der Waals surface area contributed by atoms with Gasteiger partial charge < -0.3 is 24.4 Å². The Balaban J connectivity index is 1.38. The number of hydrogen-bond acceptors (Lipinski definition) is 6. The molecule has 0 aromatic carbocycles. The predicted octanol–water partition coefficient (Wildman–Crippen LogP) is 2.65. The summed E-state index contributed by atoms with van der Waals surface area (Å²) in [6.45, 7) is 6.96. The number of carbonyl (C=O) groups is 2. The van der Waals surface area contributed by atoms with Gasteiger partial charge in [0.25, 0.3) is 5.91 Å². The van der Waals surface area contributed by atoms with Gasteiger partial charge in [-0.15, -0.1) is 11.3 Å². The molecule has 26 heavy (non-hydrogen) atoms. The Hall–Kier alpha value is -1.96. The van der Waals surface area contributed by atoms with Crippen LogP contribution in [0.1, 0.15) is 43.3 Å². The number of amides is 2. The first-order valence-electron chi connectivity index (χ1n) is 9.00. The first-order valence-corrected chi connectivity index (χ1v) is 9.88. The number of fused-ring (bicyclic) bond motifs is 2. The van der Waals surface area contributed by atoms with Gasteiger partial charge in [0.2, 0.25) is 0 Å². The number of nitrogens with zero attached hydrogens (tertiary/aromatic N) is 1. The van der Waals surface area contributed by atoms with Crippen LogP contribution in [0.25, 0.3) is 0 Å². The summed E-state index contributed by atoms with van der Waals surface area (Å²) < 4.78 is 16.6. The third kappa shape index (κ3) is 3.34. The number of likely N-dealkylation sites (tertiary alicyclic amines) is 1. The van der Waals surface area contributed by atoms with Crippen LogP contribution in [0.15, 0.2) is 5.38 Å². The average molecular weight is 380 g/mol. The summed E-state index contributed by atoms with van der Waals surface area (Å²) in [5.41, 5.74) is -0.523. The van der Waals surface area contributed by atoms with Crippen molar-refractivity contribution >= 4 is 23.3 Å². The molecule has 142 valence electrons. The zero-order valence-corrected chi connectivity index (χ0v) is 16.1. The molecule has 1 aliphatic carbocycles. The van der Waals surface area contributed by atoms with Crippen LogP contribution in [-0.2, 0) is 4.74 Å².